The Kier molecular flexibility index (Phi) is 3.74. The number of nitrogens with zero attached hydrogens (tertiary/aromatic N) is 1. The average Bonchev–Trinajstić information content (AvgIpc) is 2.46. The normalized spacial score (nSPS) is 11.8. The van der Waals surface area contributed by atoms with Gasteiger partial charge in [0.15, 0.2) is 6.17 Å². The highest BCUT2D eigenvalue weighted by Crippen LogP contribution is 2.23. The predicted octanol–water partition coefficient (Wildman–Crippen LogP) is 1.80. The number of hydrogen-bond donors (Lipinski definition) is 2. The Morgan fingerprint density at radius 2 is 2.20 bits per heavy atom. The Hall–Kier alpha value is -2.76. The fourth-order valence-corrected chi connectivity index (χ4v) is 1.74. The van der Waals surface area contributed by atoms with Gasteiger partial charge in [-0.1, -0.05) is 12.6 Å². The summed E-state index contributed by atoms with van der Waals surface area (Å²) in [5, 5.41) is 2.99. The zero-order valence-electron chi connectivity index (χ0n) is 10.5. The van der Waals surface area contributed by atoms with E-state index in [0.717, 1.165) is 6.08 Å². The molecule has 3 N–H and O–H groups in total. The highest BCUT2D eigenvalue weighted by Gasteiger charge is 2.16. The fraction of sp³-hybridized carbons (Fsp3) is 0.0714. The Balaban J connectivity index is 2.52. The molecule has 0 spiro atoms. The molecule has 1 atom stereocenters. The van der Waals surface area contributed by atoms with Gasteiger partial charge in [-0.3, -0.25) is 14.6 Å². The van der Waals surface area contributed by atoms with Crippen molar-refractivity contribution in [1.82, 2.24) is 4.98 Å². The van der Waals surface area contributed by atoms with Crippen molar-refractivity contribution >= 4 is 28.4 Å². The summed E-state index contributed by atoms with van der Waals surface area (Å²) in [7, 11) is 0. The number of hydrogen-bond acceptors (Lipinski definition) is 3. The molecule has 2 rings (SSSR count). The van der Waals surface area contributed by atoms with Gasteiger partial charge in [-0.25, -0.2) is 4.39 Å². The Morgan fingerprint density at radius 3 is 2.85 bits per heavy atom. The van der Waals surface area contributed by atoms with E-state index in [4.69, 9.17) is 5.73 Å². The minimum atomic E-state index is -1.84. The second-order valence-electron chi connectivity index (χ2n) is 4.09. The van der Waals surface area contributed by atoms with Crippen LogP contribution in [-0.2, 0) is 4.79 Å². The number of carbonyl (C=O) groups is 2. The number of carbonyl (C=O) groups excluding carboxylic acids is 2. The molecular weight excluding hydrogens is 261 g/mol. The summed E-state index contributed by atoms with van der Waals surface area (Å²) in [5.74, 6) is -1.53. The predicted molar refractivity (Wildman–Crippen MR) is 74.0 cm³/mol. The van der Waals surface area contributed by atoms with Crippen molar-refractivity contribution in [1.29, 1.82) is 0 Å². The molecule has 0 aliphatic carbocycles. The van der Waals surface area contributed by atoms with E-state index in [1.165, 1.54) is 12.3 Å². The van der Waals surface area contributed by atoms with Gasteiger partial charge in [-0.2, -0.15) is 0 Å². The lowest BCUT2D eigenvalue weighted by Crippen LogP contribution is -2.22. The molecule has 0 fully saturated rings. The van der Waals surface area contributed by atoms with Crippen LogP contribution in [0.4, 0.5) is 10.1 Å². The lowest BCUT2D eigenvalue weighted by molar-refractivity contribution is -0.119. The molecule has 6 heteroatoms. The highest BCUT2D eigenvalue weighted by atomic mass is 19.1. The molecule has 1 aromatic carbocycles. The van der Waals surface area contributed by atoms with Gasteiger partial charge in [-0.15, -0.1) is 0 Å². The van der Waals surface area contributed by atoms with Crippen LogP contribution in [0.3, 0.4) is 0 Å². The van der Waals surface area contributed by atoms with Gasteiger partial charge in [0.25, 0.3) is 5.91 Å². The van der Waals surface area contributed by atoms with Crippen LogP contribution in [0.15, 0.2) is 43.1 Å². The van der Waals surface area contributed by atoms with Gasteiger partial charge in [0.1, 0.15) is 0 Å². The van der Waals surface area contributed by atoms with Crippen LogP contribution in [0, 0.1) is 0 Å². The molecule has 0 bridgehead atoms. The molecule has 2 aromatic rings. The fourth-order valence-electron chi connectivity index (χ4n) is 1.74. The van der Waals surface area contributed by atoms with Crippen molar-refractivity contribution in [2.75, 3.05) is 5.32 Å². The van der Waals surface area contributed by atoms with Gasteiger partial charge < -0.3 is 11.1 Å². The summed E-state index contributed by atoms with van der Waals surface area (Å²) in [6, 6.07) is 6.32. The van der Waals surface area contributed by atoms with E-state index < -0.39 is 18.0 Å². The van der Waals surface area contributed by atoms with Crippen LogP contribution in [-0.4, -0.2) is 23.0 Å². The average molecular weight is 273 g/mol. The number of anilines is 1. The van der Waals surface area contributed by atoms with E-state index in [2.05, 4.69) is 16.9 Å². The molecule has 1 aromatic heterocycles. The number of fused-ring (bicyclic) bond motifs is 1. The maximum Gasteiger partial charge on any atom is 0.263 e. The van der Waals surface area contributed by atoms with E-state index in [1.807, 2.05) is 0 Å². The first-order valence-corrected chi connectivity index (χ1v) is 5.79. The molecule has 0 saturated heterocycles. The van der Waals surface area contributed by atoms with Gasteiger partial charge >= 0.3 is 0 Å². The van der Waals surface area contributed by atoms with Crippen LogP contribution in [0.5, 0.6) is 0 Å². The molecule has 1 unspecified atom stereocenters. The quantitative estimate of drug-likeness (QED) is 0.833. The van der Waals surface area contributed by atoms with E-state index in [0.29, 0.717) is 10.9 Å². The van der Waals surface area contributed by atoms with Crippen molar-refractivity contribution in [3.05, 3.63) is 48.7 Å². The summed E-state index contributed by atoms with van der Waals surface area (Å²) in [4.78, 5) is 26.9. The molecule has 0 saturated carbocycles. The first-order valence-electron chi connectivity index (χ1n) is 5.79. The number of amides is 2. The summed E-state index contributed by atoms with van der Waals surface area (Å²) < 4.78 is 13.2. The van der Waals surface area contributed by atoms with Crippen molar-refractivity contribution in [3.8, 4) is 0 Å². The molecular formula is C14H12FN3O2. The first-order chi connectivity index (χ1) is 9.52. The summed E-state index contributed by atoms with van der Waals surface area (Å²) >= 11 is 0. The topological polar surface area (TPSA) is 85.1 Å². The number of aromatic nitrogens is 1. The number of nitrogens with one attached hydrogen (secondary N) is 1. The smallest absolute Gasteiger partial charge is 0.263 e. The van der Waals surface area contributed by atoms with Crippen LogP contribution in [0.2, 0.25) is 0 Å². The molecule has 1 heterocycles. The Labute approximate surface area is 114 Å². The Morgan fingerprint density at radius 1 is 1.45 bits per heavy atom. The van der Waals surface area contributed by atoms with E-state index >= 15 is 0 Å². The zero-order valence-corrected chi connectivity index (χ0v) is 10.5. The summed E-state index contributed by atoms with van der Waals surface area (Å²) in [6.45, 7) is 3.21. The van der Waals surface area contributed by atoms with Crippen molar-refractivity contribution in [2.24, 2.45) is 5.73 Å². The minimum absolute atomic E-state index is 0.204. The number of benzene rings is 1. The van der Waals surface area contributed by atoms with E-state index in [1.54, 1.807) is 18.2 Å². The Bertz CT molecular complexity index is 700. The van der Waals surface area contributed by atoms with Gasteiger partial charge in [0, 0.05) is 17.1 Å². The van der Waals surface area contributed by atoms with Gasteiger partial charge in [-0.05, 0) is 24.3 Å². The highest BCUT2D eigenvalue weighted by molar-refractivity contribution is 6.06. The SMILES string of the molecule is C=CC(F)C(=O)Nc1cc(C(N)=O)cc2cccnc12. The standard InChI is InChI=1S/C14H12FN3O2/c1-2-10(15)14(20)18-11-7-9(13(16)19)6-8-4-3-5-17-12(8)11/h2-7,10H,1H2,(H2,16,19)(H,18,20). The van der Waals surface area contributed by atoms with E-state index in [9.17, 15) is 14.0 Å². The molecule has 5 nitrogen and oxygen atoms in total. The lowest BCUT2D eigenvalue weighted by Gasteiger charge is -2.10. The molecule has 0 aliphatic rings. The van der Waals surface area contributed by atoms with E-state index in [-0.39, 0.29) is 11.3 Å². The third-order valence-corrected chi connectivity index (χ3v) is 2.70. The van der Waals surface area contributed by atoms with Gasteiger partial charge in [0.05, 0.1) is 11.2 Å². The monoisotopic (exact) mass is 273 g/mol. The number of pyridine rings is 1. The molecule has 2 amide bonds. The molecule has 20 heavy (non-hydrogen) atoms. The second kappa shape index (κ2) is 5.48. The maximum absolute atomic E-state index is 13.2. The maximum atomic E-state index is 13.2. The molecule has 0 aliphatic heterocycles. The second-order valence-corrected chi connectivity index (χ2v) is 4.09. The lowest BCUT2D eigenvalue weighted by atomic mass is 10.1. The zero-order chi connectivity index (χ0) is 14.7. The first kappa shape index (κ1) is 13.7. The van der Waals surface area contributed by atoms with Crippen LogP contribution in [0.25, 0.3) is 10.9 Å². The van der Waals surface area contributed by atoms with Gasteiger partial charge in [0.2, 0.25) is 5.91 Å². The van der Waals surface area contributed by atoms with Crippen LogP contribution in [0.1, 0.15) is 10.4 Å². The molecule has 0 radical (unpaired) electrons. The number of rotatable bonds is 4. The van der Waals surface area contributed by atoms with Crippen LogP contribution >= 0.6 is 0 Å². The minimum Gasteiger partial charge on any atom is -0.366 e. The van der Waals surface area contributed by atoms with Crippen LogP contribution < -0.4 is 11.1 Å². The number of alkyl halides is 1. The third-order valence-electron chi connectivity index (χ3n) is 2.70. The van der Waals surface area contributed by atoms with Crippen molar-refractivity contribution in [2.45, 2.75) is 6.17 Å². The third kappa shape index (κ3) is 2.64. The van der Waals surface area contributed by atoms with Crippen molar-refractivity contribution in [3.63, 3.8) is 0 Å². The van der Waals surface area contributed by atoms with Crippen molar-refractivity contribution < 1.29 is 14.0 Å². The number of halogens is 1. The number of primary amides is 1. The largest absolute Gasteiger partial charge is 0.366 e. The molecule has 102 valence electrons. The number of nitrogens with two attached hydrogens (primary N) is 1. The summed E-state index contributed by atoms with van der Waals surface area (Å²) in [6.07, 6.45) is 0.566. The summed E-state index contributed by atoms with van der Waals surface area (Å²) in [5.41, 5.74) is 6.11.